The van der Waals surface area contributed by atoms with Gasteiger partial charge in [-0.3, -0.25) is 4.79 Å². The maximum absolute atomic E-state index is 13.0. The summed E-state index contributed by atoms with van der Waals surface area (Å²) < 4.78 is 0. The van der Waals surface area contributed by atoms with E-state index in [1.54, 1.807) is 0 Å². The number of amides is 1. The van der Waals surface area contributed by atoms with Crippen LogP contribution in [-0.4, -0.2) is 35.5 Å². The SMILES string of the molecule is C[C@H]1CC[C@H]2[C@@H]3CN3c3ccccc3C(=O)N2[C@H](C)C1. The number of hydrogen-bond acceptors (Lipinski definition) is 2. The first-order chi connectivity index (χ1) is 9.66. The number of benzene rings is 1. The number of nitrogens with zero attached hydrogens (tertiary/aromatic N) is 2. The monoisotopic (exact) mass is 270 g/mol. The zero-order chi connectivity index (χ0) is 13.9. The predicted molar refractivity (Wildman–Crippen MR) is 80.0 cm³/mol. The molecule has 0 aliphatic carbocycles. The average molecular weight is 270 g/mol. The van der Waals surface area contributed by atoms with Gasteiger partial charge >= 0.3 is 0 Å². The van der Waals surface area contributed by atoms with Gasteiger partial charge in [0.15, 0.2) is 0 Å². The maximum atomic E-state index is 13.0. The Kier molecular flexibility index (Phi) is 2.60. The summed E-state index contributed by atoms with van der Waals surface area (Å²) in [5, 5.41) is 0. The van der Waals surface area contributed by atoms with E-state index in [4.69, 9.17) is 0 Å². The van der Waals surface area contributed by atoms with Crippen LogP contribution < -0.4 is 4.90 Å². The van der Waals surface area contributed by atoms with Crippen LogP contribution in [0.2, 0.25) is 0 Å². The average Bonchev–Trinajstić information content (AvgIpc) is 3.22. The summed E-state index contributed by atoms with van der Waals surface area (Å²) in [7, 11) is 0. The van der Waals surface area contributed by atoms with Gasteiger partial charge < -0.3 is 9.80 Å². The highest BCUT2D eigenvalue weighted by molar-refractivity contribution is 6.01. The Bertz CT molecular complexity index is 556. The van der Waals surface area contributed by atoms with Crippen LogP contribution in [-0.2, 0) is 0 Å². The third-order valence-corrected chi connectivity index (χ3v) is 5.30. The van der Waals surface area contributed by atoms with Gasteiger partial charge in [-0.2, -0.15) is 0 Å². The second-order valence-corrected chi connectivity index (χ2v) is 6.78. The summed E-state index contributed by atoms with van der Waals surface area (Å²) in [6.07, 6.45) is 3.54. The molecule has 0 unspecified atom stereocenters. The molecule has 1 aromatic rings. The fraction of sp³-hybridized carbons (Fsp3) is 0.588. The van der Waals surface area contributed by atoms with Crippen LogP contribution in [0.5, 0.6) is 0 Å². The highest BCUT2D eigenvalue weighted by atomic mass is 16.2. The van der Waals surface area contributed by atoms with E-state index in [-0.39, 0.29) is 5.91 Å². The molecule has 0 spiro atoms. The first kappa shape index (κ1) is 12.2. The fourth-order valence-electron chi connectivity index (χ4n) is 4.27. The van der Waals surface area contributed by atoms with E-state index in [2.05, 4.69) is 29.7 Å². The molecule has 0 aromatic heterocycles. The molecule has 20 heavy (non-hydrogen) atoms. The molecule has 0 saturated carbocycles. The van der Waals surface area contributed by atoms with Gasteiger partial charge in [-0.05, 0) is 44.2 Å². The molecule has 3 aliphatic rings. The van der Waals surface area contributed by atoms with Gasteiger partial charge in [0.1, 0.15) is 0 Å². The van der Waals surface area contributed by atoms with Crippen molar-refractivity contribution >= 4 is 11.6 Å². The van der Waals surface area contributed by atoms with E-state index >= 15 is 0 Å². The molecule has 3 aliphatic heterocycles. The van der Waals surface area contributed by atoms with Crippen LogP contribution in [0, 0.1) is 5.92 Å². The quantitative estimate of drug-likeness (QED) is 0.677. The van der Waals surface area contributed by atoms with Crippen LogP contribution in [0.3, 0.4) is 0 Å². The van der Waals surface area contributed by atoms with Crippen LogP contribution in [0.25, 0.3) is 0 Å². The van der Waals surface area contributed by atoms with Crippen LogP contribution in [0.1, 0.15) is 43.5 Å². The Balaban J connectivity index is 1.80. The van der Waals surface area contributed by atoms with Gasteiger partial charge in [-0.25, -0.2) is 0 Å². The molecule has 106 valence electrons. The fourth-order valence-corrected chi connectivity index (χ4v) is 4.27. The Hall–Kier alpha value is -1.51. The summed E-state index contributed by atoms with van der Waals surface area (Å²) in [6, 6.07) is 9.46. The predicted octanol–water partition coefficient (Wildman–Crippen LogP) is 2.91. The summed E-state index contributed by atoms with van der Waals surface area (Å²) in [4.78, 5) is 17.6. The number of carbonyl (C=O) groups excluding carboxylic acids is 1. The van der Waals surface area contributed by atoms with Gasteiger partial charge in [-0.15, -0.1) is 0 Å². The lowest BCUT2D eigenvalue weighted by Crippen LogP contribution is -2.47. The van der Waals surface area contributed by atoms with Crippen LogP contribution in [0.4, 0.5) is 5.69 Å². The number of hydrogen-bond donors (Lipinski definition) is 0. The van der Waals surface area contributed by atoms with Gasteiger partial charge in [0, 0.05) is 18.3 Å². The molecule has 0 radical (unpaired) electrons. The van der Waals surface area contributed by atoms with Gasteiger partial charge in [0.25, 0.3) is 5.91 Å². The minimum absolute atomic E-state index is 0.249. The zero-order valence-corrected chi connectivity index (χ0v) is 12.2. The van der Waals surface area contributed by atoms with E-state index < -0.39 is 0 Å². The summed E-state index contributed by atoms with van der Waals surface area (Å²) in [5.41, 5.74) is 2.05. The van der Waals surface area contributed by atoms with Crippen LogP contribution >= 0.6 is 0 Å². The van der Waals surface area contributed by atoms with Crippen molar-refractivity contribution in [1.29, 1.82) is 0 Å². The molecule has 4 atom stereocenters. The van der Waals surface area contributed by atoms with Gasteiger partial charge in [-0.1, -0.05) is 19.1 Å². The molecule has 2 fully saturated rings. The standard InChI is InChI=1S/C17H22N2O/c1-11-7-8-15-16-10-18(16)14-6-4-3-5-13(14)17(20)19(15)12(2)9-11/h3-6,11-12,15-16H,7-10H2,1-2H3/t11-,12+,15-,16-,18?/m0/s1. The topological polar surface area (TPSA) is 23.3 Å². The number of carbonyl (C=O) groups is 1. The van der Waals surface area contributed by atoms with Crippen molar-refractivity contribution in [2.75, 3.05) is 11.4 Å². The molecule has 4 rings (SSSR count). The molecule has 1 amide bonds. The zero-order valence-electron chi connectivity index (χ0n) is 12.2. The van der Waals surface area contributed by atoms with Crippen molar-refractivity contribution in [3.63, 3.8) is 0 Å². The lowest BCUT2D eigenvalue weighted by atomic mass is 9.99. The first-order valence-corrected chi connectivity index (χ1v) is 7.85. The Morgan fingerprint density at radius 1 is 1.10 bits per heavy atom. The van der Waals surface area contributed by atoms with Crippen molar-refractivity contribution in [1.82, 2.24) is 4.90 Å². The van der Waals surface area contributed by atoms with Crippen molar-refractivity contribution in [3.8, 4) is 0 Å². The molecule has 0 bridgehead atoms. The molecule has 3 heterocycles. The van der Waals surface area contributed by atoms with E-state index in [0.29, 0.717) is 18.1 Å². The van der Waals surface area contributed by atoms with Crippen molar-refractivity contribution in [2.45, 2.75) is 51.2 Å². The lowest BCUT2D eigenvalue weighted by Gasteiger charge is -2.33. The highest BCUT2D eigenvalue weighted by Gasteiger charge is 2.50. The molecule has 3 heteroatoms. The van der Waals surface area contributed by atoms with Gasteiger partial charge in [0.2, 0.25) is 0 Å². The van der Waals surface area contributed by atoms with E-state index in [0.717, 1.165) is 36.6 Å². The smallest absolute Gasteiger partial charge is 0.256 e. The molecular weight excluding hydrogens is 248 g/mol. The van der Waals surface area contributed by atoms with Crippen molar-refractivity contribution < 1.29 is 4.79 Å². The second-order valence-electron chi connectivity index (χ2n) is 6.78. The lowest BCUT2D eigenvalue weighted by molar-refractivity contribution is 0.0599. The Morgan fingerprint density at radius 3 is 2.75 bits per heavy atom. The largest absolute Gasteiger partial charge is 0.362 e. The summed E-state index contributed by atoms with van der Waals surface area (Å²) in [5.74, 6) is 0.978. The van der Waals surface area contributed by atoms with Crippen LogP contribution in [0.15, 0.2) is 24.3 Å². The third-order valence-electron chi connectivity index (χ3n) is 5.30. The first-order valence-electron chi connectivity index (χ1n) is 7.85. The molecule has 1 aromatic carbocycles. The minimum Gasteiger partial charge on any atom is -0.362 e. The normalized spacial score (nSPS) is 35.6. The third kappa shape index (κ3) is 1.68. The minimum atomic E-state index is 0.249. The molecule has 3 nitrogen and oxygen atoms in total. The summed E-state index contributed by atoms with van der Waals surface area (Å²) >= 11 is 0. The Labute approximate surface area is 120 Å². The molecule has 2 saturated heterocycles. The van der Waals surface area contributed by atoms with Gasteiger partial charge in [0.05, 0.1) is 17.6 Å². The molecule has 0 N–H and O–H groups in total. The van der Waals surface area contributed by atoms with E-state index in [1.807, 2.05) is 18.2 Å². The highest BCUT2D eigenvalue weighted by Crippen LogP contribution is 2.42. The van der Waals surface area contributed by atoms with E-state index in [9.17, 15) is 4.79 Å². The summed E-state index contributed by atoms with van der Waals surface area (Å²) in [6.45, 7) is 5.67. The Morgan fingerprint density at radius 2 is 1.90 bits per heavy atom. The second kappa shape index (κ2) is 4.24. The van der Waals surface area contributed by atoms with Crippen molar-refractivity contribution in [2.24, 2.45) is 5.92 Å². The number of anilines is 1. The maximum Gasteiger partial charge on any atom is 0.256 e. The number of fused-ring (bicyclic) bond motifs is 5. The number of para-hydroxylation sites is 1. The van der Waals surface area contributed by atoms with Crippen molar-refractivity contribution in [3.05, 3.63) is 29.8 Å². The van der Waals surface area contributed by atoms with E-state index in [1.165, 1.54) is 6.42 Å². The number of rotatable bonds is 0. The molecular formula is C17H22N2O.